The van der Waals surface area contributed by atoms with Crippen molar-refractivity contribution < 1.29 is 4.74 Å². The molecule has 0 aromatic carbocycles. The molecule has 2 rings (SSSR count). The zero-order valence-corrected chi connectivity index (χ0v) is 11.5. The summed E-state index contributed by atoms with van der Waals surface area (Å²) >= 11 is 7.37. The maximum Gasteiger partial charge on any atom is 0.322 e. The molecule has 0 atom stereocenters. The third kappa shape index (κ3) is 3.21. The van der Waals surface area contributed by atoms with Crippen LogP contribution in [0, 0.1) is 0 Å². The van der Waals surface area contributed by atoms with Gasteiger partial charge in [-0.15, -0.1) is 11.3 Å². The van der Waals surface area contributed by atoms with Gasteiger partial charge in [-0.2, -0.15) is 15.0 Å². The Morgan fingerprint density at radius 1 is 1.28 bits per heavy atom. The Balaban J connectivity index is 2.08. The molecule has 96 valence electrons. The zero-order valence-electron chi connectivity index (χ0n) is 9.90. The Morgan fingerprint density at radius 2 is 2.06 bits per heavy atom. The minimum Gasteiger partial charge on any atom is -0.467 e. The first-order valence-corrected chi connectivity index (χ1v) is 6.36. The Hall–Kier alpha value is -1.60. The number of halogens is 1. The summed E-state index contributed by atoms with van der Waals surface area (Å²) in [5.41, 5.74) is 0. The summed E-state index contributed by atoms with van der Waals surface area (Å²) in [7, 11) is 3.25. The Morgan fingerprint density at radius 3 is 2.67 bits per heavy atom. The van der Waals surface area contributed by atoms with Gasteiger partial charge in [-0.25, -0.2) is 0 Å². The van der Waals surface area contributed by atoms with E-state index < -0.39 is 0 Å². The lowest BCUT2D eigenvalue weighted by Crippen LogP contribution is -2.07. The molecule has 6 nitrogen and oxygen atoms in total. The van der Waals surface area contributed by atoms with Crippen LogP contribution in [0.25, 0.3) is 0 Å². The first-order chi connectivity index (χ1) is 8.71. The van der Waals surface area contributed by atoms with Crippen LogP contribution in [0.15, 0.2) is 12.1 Å². The number of hydrogen-bond donors (Lipinski definition) is 2. The highest BCUT2D eigenvalue weighted by Gasteiger charge is 2.06. The second kappa shape index (κ2) is 5.83. The average Bonchev–Trinajstić information content (AvgIpc) is 2.81. The highest BCUT2D eigenvalue weighted by atomic mass is 35.5. The Bertz CT molecular complexity index is 510. The third-order valence-corrected chi connectivity index (χ3v) is 3.30. The van der Waals surface area contributed by atoms with Crippen LogP contribution in [-0.2, 0) is 6.54 Å². The van der Waals surface area contributed by atoms with Crippen molar-refractivity contribution in [2.45, 2.75) is 6.54 Å². The monoisotopic (exact) mass is 285 g/mol. The van der Waals surface area contributed by atoms with Gasteiger partial charge >= 0.3 is 6.01 Å². The van der Waals surface area contributed by atoms with Crippen molar-refractivity contribution in [3.63, 3.8) is 0 Å². The van der Waals surface area contributed by atoms with Crippen LogP contribution in [0.5, 0.6) is 6.01 Å². The maximum absolute atomic E-state index is 5.86. The number of aromatic nitrogens is 3. The summed E-state index contributed by atoms with van der Waals surface area (Å²) in [5, 5.41) is 5.94. The molecule has 0 unspecified atom stereocenters. The van der Waals surface area contributed by atoms with Gasteiger partial charge in [-0.05, 0) is 12.1 Å². The molecule has 0 fully saturated rings. The molecule has 2 N–H and O–H groups in total. The molecule has 2 aromatic rings. The van der Waals surface area contributed by atoms with E-state index in [9.17, 15) is 0 Å². The van der Waals surface area contributed by atoms with Crippen molar-refractivity contribution in [1.82, 2.24) is 15.0 Å². The van der Waals surface area contributed by atoms with Gasteiger partial charge in [-0.3, -0.25) is 0 Å². The van der Waals surface area contributed by atoms with Crippen molar-refractivity contribution in [1.29, 1.82) is 0 Å². The normalized spacial score (nSPS) is 10.2. The molecule has 0 saturated heterocycles. The van der Waals surface area contributed by atoms with E-state index in [2.05, 4.69) is 25.6 Å². The molecule has 0 spiro atoms. The number of anilines is 2. The number of rotatable bonds is 5. The van der Waals surface area contributed by atoms with E-state index in [1.165, 1.54) is 18.4 Å². The number of nitrogens with zero attached hydrogens (tertiary/aromatic N) is 3. The van der Waals surface area contributed by atoms with E-state index >= 15 is 0 Å². The van der Waals surface area contributed by atoms with Crippen LogP contribution in [0.2, 0.25) is 4.34 Å². The molecule has 2 heterocycles. The topological polar surface area (TPSA) is 72.0 Å². The Labute approximate surface area is 113 Å². The predicted octanol–water partition coefficient (Wildman–Crippen LogP) is 2.25. The molecule has 0 aliphatic carbocycles. The van der Waals surface area contributed by atoms with E-state index in [1.807, 2.05) is 12.1 Å². The van der Waals surface area contributed by atoms with E-state index in [4.69, 9.17) is 16.3 Å². The average molecular weight is 286 g/mol. The maximum atomic E-state index is 5.86. The van der Waals surface area contributed by atoms with Crippen molar-refractivity contribution in [3.8, 4) is 6.01 Å². The lowest BCUT2D eigenvalue weighted by atomic mass is 10.5. The summed E-state index contributed by atoms with van der Waals surface area (Å²) in [5.74, 6) is 0.907. The highest BCUT2D eigenvalue weighted by Crippen LogP contribution is 2.22. The van der Waals surface area contributed by atoms with Gasteiger partial charge in [0.1, 0.15) is 0 Å². The summed E-state index contributed by atoms with van der Waals surface area (Å²) in [4.78, 5) is 13.4. The lowest BCUT2D eigenvalue weighted by molar-refractivity contribution is 0.379. The number of methoxy groups -OCH3 is 1. The molecule has 0 aliphatic rings. The third-order valence-electron chi connectivity index (χ3n) is 2.07. The fourth-order valence-corrected chi connectivity index (χ4v) is 2.28. The van der Waals surface area contributed by atoms with Crippen LogP contribution in [0.1, 0.15) is 4.88 Å². The SMILES string of the molecule is CNc1nc(NCc2ccc(Cl)s2)nc(OC)n1. The summed E-state index contributed by atoms with van der Waals surface area (Å²) in [6, 6.07) is 4.08. The summed E-state index contributed by atoms with van der Waals surface area (Å²) < 4.78 is 5.75. The second-order valence-corrected chi connectivity index (χ2v) is 5.08. The van der Waals surface area contributed by atoms with Gasteiger partial charge in [0.25, 0.3) is 0 Å². The molecule has 8 heteroatoms. The largest absolute Gasteiger partial charge is 0.467 e. The summed E-state index contributed by atoms with van der Waals surface area (Å²) in [6.45, 7) is 0.605. The van der Waals surface area contributed by atoms with Crippen LogP contribution < -0.4 is 15.4 Å². The number of thiophene rings is 1. The smallest absolute Gasteiger partial charge is 0.322 e. The number of ether oxygens (including phenoxy) is 1. The van der Waals surface area contributed by atoms with Crippen molar-refractivity contribution in [3.05, 3.63) is 21.3 Å². The number of nitrogens with one attached hydrogen (secondary N) is 2. The standard InChI is InChI=1S/C10H12ClN5OS/c1-12-8-14-9(16-10(15-8)17-2)13-5-6-3-4-7(11)18-6/h3-4H,5H2,1-2H3,(H2,12,13,14,15,16). The highest BCUT2D eigenvalue weighted by molar-refractivity contribution is 7.16. The molecular weight excluding hydrogens is 274 g/mol. The van der Waals surface area contributed by atoms with Gasteiger partial charge in [0.2, 0.25) is 11.9 Å². The quantitative estimate of drug-likeness (QED) is 0.878. The first kappa shape index (κ1) is 12.8. The molecule has 18 heavy (non-hydrogen) atoms. The fourth-order valence-electron chi connectivity index (χ4n) is 1.25. The molecule has 0 aliphatic heterocycles. The van der Waals surface area contributed by atoms with E-state index in [1.54, 1.807) is 7.05 Å². The fraction of sp³-hybridized carbons (Fsp3) is 0.300. The molecule has 0 radical (unpaired) electrons. The molecule has 2 aromatic heterocycles. The molecule has 0 bridgehead atoms. The van der Waals surface area contributed by atoms with E-state index in [-0.39, 0.29) is 6.01 Å². The first-order valence-electron chi connectivity index (χ1n) is 5.17. The van der Waals surface area contributed by atoms with E-state index in [0.717, 1.165) is 9.21 Å². The van der Waals surface area contributed by atoms with E-state index in [0.29, 0.717) is 18.4 Å². The van der Waals surface area contributed by atoms with Gasteiger partial charge < -0.3 is 15.4 Å². The molecule has 0 saturated carbocycles. The number of hydrogen-bond acceptors (Lipinski definition) is 7. The van der Waals surface area contributed by atoms with Crippen LogP contribution >= 0.6 is 22.9 Å². The Kier molecular flexibility index (Phi) is 4.16. The van der Waals surface area contributed by atoms with Gasteiger partial charge in [0, 0.05) is 11.9 Å². The van der Waals surface area contributed by atoms with Crippen molar-refractivity contribution >= 4 is 34.8 Å². The van der Waals surface area contributed by atoms with Crippen LogP contribution in [0.3, 0.4) is 0 Å². The molecule has 0 amide bonds. The van der Waals surface area contributed by atoms with Crippen LogP contribution in [0.4, 0.5) is 11.9 Å². The van der Waals surface area contributed by atoms with Crippen LogP contribution in [-0.4, -0.2) is 29.1 Å². The van der Waals surface area contributed by atoms with Gasteiger partial charge in [0.15, 0.2) is 0 Å². The van der Waals surface area contributed by atoms with Crippen molar-refractivity contribution in [2.24, 2.45) is 0 Å². The minimum absolute atomic E-state index is 0.265. The predicted molar refractivity (Wildman–Crippen MR) is 72.6 cm³/mol. The van der Waals surface area contributed by atoms with Gasteiger partial charge in [0.05, 0.1) is 18.0 Å². The summed E-state index contributed by atoms with van der Waals surface area (Å²) in [6.07, 6.45) is 0. The van der Waals surface area contributed by atoms with Gasteiger partial charge in [-0.1, -0.05) is 11.6 Å². The van der Waals surface area contributed by atoms with Crippen molar-refractivity contribution in [2.75, 3.05) is 24.8 Å². The second-order valence-electron chi connectivity index (χ2n) is 3.28. The lowest BCUT2D eigenvalue weighted by Gasteiger charge is -2.06. The molecular formula is C10H12ClN5OS. The minimum atomic E-state index is 0.265. The zero-order chi connectivity index (χ0) is 13.0.